The maximum atomic E-state index is 12.6. The van der Waals surface area contributed by atoms with Crippen LogP contribution in [0.2, 0.25) is 0 Å². The molecule has 2 aromatic rings. The Morgan fingerprint density at radius 2 is 1.79 bits per heavy atom. The fraction of sp³-hybridized carbons (Fsp3) is 0.348. The molecule has 174 valence electrons. The van der Waals surface area contributed by atoms with Gasteiger partial charge in [0.1, 0.15) is 24.6 Å². The van der Waals surface area contributed by atoms with E-state index in [0.29, 0.717) is 17.0 Å². The second-order valence-electron chi connectivity index (χ2n) is 7.74. The van der Waals surface area contributed by atoms with Crippen LogP contribution in [0.4, 0.5) is 11.4 Å². The number of anilines is 1. The predicted molar refractivity (Wildman–Crippen MR) is 117 cm³/mol. The third kappa shape index (κ3) is 5.53. The summed E-state index contributed by atoms with van der Waals surface area (Å²) in [6.07, 6.45) is -1.54. The van der Waals surface area contributed by atoms with Crippen LogP contribution in [0.1, 0.15) is 25.3 Å². The SMILES string of the molecule is COc1ccc(N2C(=O)[C@H]([C@@H](C)O)[C@H]2CC(=O)CC(=O)OCc2ccc([N+](=O)[O-])cc2)cc1. The first-order chi connectivity index (χ1) is 15.7. The number of Topliss-reactive ketones (excluding diaryl/α,β-unsaturated/α-hetero) is 1. The van der Waals surface area contributed by atoms with Gasteiger partial charge in [-0.15, -0.1) is 0 Å². The minimum absolute atomic E-state index is 0.0793. The molecule has 10 nitrogen and oxygen atoms in total. The molecule has 1 N–H and O–H groups in total. The number of ketones is 1. The van der Waals surface area contributed by atoms with Gasteiger partial charge >= 0.3 is 5.97 Å². The fourth-order valence-electron chi connectivity index (χ4n) is 3.77. The van der Waals surface area contributed by atoms with Crippen LogP contribution in [0.25, 0.3) is 0 Å². The molecule has 1 aliphatic heterocycles. The van der Waals surface area contributed by atoms with Gasteiger partial charge in [0.05, 0.1) is 30.1 Å². The number of aliphatic hydroxyl groups excluding tert-OH is 1. The molecule has 0 bridgehead atoms. The van der Waals surface area contributed by atoms with Gasteiger partial charge in [0, 0.05) is 24.2 Å². The highest BCUT2D eigenvalue weighted by Gasteiger charge is 2.50. The number of esters is 1. The summed E-state index contributed by atoms with van der Waals surface area (Å²) >= 11 is 0. The van der Waals surface area contributed by atoms with E-state index in [1.54, 1.807) is 24.3 Å². The first-order valence-corrected chi connectivity index (χ1v) is 10.3. The highest BCUT2D eigenvalue weighted by molar-refractivity contribution is 6.05. The van der Waals surface area contributed by atoms with Crippen LogP contribution in [-0.4, -0.2) is 46.9 Å². The van der Waals surface area contributed by atoms with Crippen molar-refractivity contribution < 1.29 is 33.9 Å². The molecule has 0 aromatic heterocycles. The summed E-state index contributed by atoms with van der Waals surface area (Å²) in [5, 5.41) is 20.7. The molecule has 3 atom stereocenters. The number of amides is 1. The normalized spacial score (nSPS) is 18.3. The van der Waals surface area contributed by atoms with E-state index >= 15 is 0 Å². The molecule has 10 heteroatoms. The topological polar surface area (TPSA) is 136 Å². The van der Waals surface area contributed by atoms with Crippen LogP contribution in [0.15, 0.2) is 48.5 Å². The van der Waals surface area contributed by atoms with E-state index in [4.69, 9.17) is 9.47 Å². The van der Waals surface area contributed by atoms with Gasteiger partial charge in [0.15, 0.2) is 0 Å². The van der Waals surface area contributed by atoms with E-state index in [-0.39, 0.29) is 24.6 Å². The molecule has 0 aliphatic carbocycles. The van der Waals surface area contributed by atoms with E-state index < -0.39 is 41.2 Å². The number of β-lactam (4-membered cyclic amide) rings is 1. The zero-order valence-corrected chi connectivity index (χ0v) is 18.2. The second-order valence-corrected chi connectivity index (χ2v) is 7.74. The smallest absolute Gasteiger partial charge is 0.313 e. The van der Waals surface area contributed by atoms with Crippen molar-refractivity contribution in [2.45, 2.75) is 38.5 Å². The number of ether oxygens (including phenoxy) is 2. The van der Waals surface area contributed by atoms with Crippen molar-refractivity contribution in [1.82, 2.24) is 0 Å². The maximum absolute atomic E-state index is 12.6. The van der Waals surface area contributed by atoms with Crippen LogP contribution >= 0.6 is 0 Å². The summed E-state index contributed by atoms with van der Waals surface area (Å²) in [6, 6.07) is 11.7. The molecule has 1 aliphatic rings. The van der Waals surface area contributed by atoms with Gasteiger partial charge in [-0.3, -0.25) is 24.5 Å². The van der Waals surface area contributed by atoms with Crippen LogP contribution in [0.5, 0.6) is 5.75 Å². The van der Waals surface area contributed by atoms with E-state index in [2.05, 4.69) is 0 Å². The van der Waals surface area contributed by atoms with E-state index in [0.717, 1.165) is 0 Å². The number of nitrogens with zero attached hydrogens (tertiary/aromatic N) is 2. The number of non-ortho nitro benzene ring substituents is 1. The van der Waals surface area contributed by atoms with Crippen LogP contribution < -0.4 is 9.64 Å². The third-order valence-electron chi connectivity index (χ3n) is 5.46. The Labute approximate surface area is 189 Å². The van der Waals surface area contributed by atoms with Gasteiger partial charge in [-0.1, -0.05) is 0 Å². The first kappa shape index (κ1) is 23.9. The molecule has 1 amide bonds. The van der Waals surface area contributed by atoms with Crippen LogP contribution in [0.3, 0.4) is 0 Å². The van der Waals surface area contributed by atoms with Gasteiger partial charge < -0.3 is 19.5 Å². The first-order valence-electron chi connectivity index (χ1n) is 10.3. The van der Waals surface area contributed by atoms with Gasteiger partial charge in [0.25, 0.3) is 5.69 Å². The summed E-state index contributed by atoms with van der Waals surface area (Å²) in [5.74, 6) is -1.60. The Balaban J connectivity index is 1.58. The Hall–Kier alpha value is -3.79. The Bertz CT molecular complexity index is 1030. The molecular formula is C23H24N2O8. The highest BCUT2D eigenvalue weighted by Crippen LogP contribution is 2.37. The summed E-state index contributed by atoms with van der Waals surface area (Å²) in [7, 11) is 1.52. The van der Waals surface area contributed by atoms with Gasteiger partial charge in [-0.05, 0) is 48.9 Å². The maximum Gasteiger partial charge on any atom is 0.313 e. The van der Waals surface area contributed by atoms with E-state index in [9.17, 15) is 29.6 Å². The number of aliphatic hydroxyl groups is 1. The summed E-state index contributed by atoms with van der Waals surface area (Å²) in [4.78, 5) is 48.8. The molecule has 0 unspecified atom stereocenters. The number of nitro groups is 1. The number of hydrogen-bond acceptors (Lipinski definition) is 8. The zero-order chi connectivity index (χ0) is 24.1. The summed E-state index contributed by atoms with van der Waals surface area (Å²) < 4.78 is 10.2. The van der Waals surface area contributed by atoms with Crippen LogP contribution in [0, 0.1) is 16.0 Å². The summed E-state index contributed by atoms with van der Waals surface area (Å²) in [5.41, 5.74) is 1.03. The molecule has 0 radical (unpaired) electrons. The van der Waals surface area contributed by atoms with Gasteiger partial charge in [0.2, 0.25) is 5.91 Å². The molecule has 1 heterocycles. The number of carbonyl (C=O) groups excluding carboxylic acids is 3. The lowest BCUT2D eigenvalue weighted by molar-refractivity contribution is -0.384. The molecule has 1 saturated heterocycles. The van der Waals surface area contributed by atoms with Crippen molar-refractivity contribution in [1.29, 1.82) is 0 Å². The fourth-order valence-corrected chi connectivity index (χ4v) is 3.77. The minimum Gasteiger partial charge on any atom is -0.497 e. The molecular weight excluding hydrogens is 432 g/mol. The Morgan fingerprint density at radius 3 is 2.33 bits per heavy atom. The number of rotatable bonds is 10. The lowest BCUT2D eigenvalue weighted by Crippen LogP contribution is -2.65. The predicted octanol–water partition coefficient (Wildman–Crippen LogP) is 2.41. The molecule has 2 aromatic carbocycles. The lowest BCUT2D eigenvalue weighted by atomic mass is 9.79. The van der Waals surface area contributed by atoms with E-state index in [1.807, 2.05) is 0 Å². The molecule has 0 spiro atoms. The number of carbonyl (C=O) groups is 3. The largest absolute Gasteiger partial charge is 0.497 e. The average molecular weight is 456 g/mol. The Kier molecular flexibility index (Phi) is 7.39. The molecule has 0 saturated carbocycles. The molecule has 3 rings (SSSR count). The number of hydrogen-bond donors (Lipinski definition) is 1. The van der Waals surface area contributed by atoms with Crippen molar-refractivity contribution in [2.24, 2.45) is 5.92 Å². The number of nitro benzene ring substituents is 1. The monoisotopic (exact) mass is 456 g/mol. The summed E-state index contributed by atoms with van der Waals surface area (Å²) in [6.45, 7) is 1.37. The molecule has 1 fully saturated rings. The molecule has 33 heavy (non-hydrogen) atoms. The van der Waals surface area contributed by atoms with E-state index in [1.165, 1.54) is 43.2 Å². The zero-order valence-electron chi connectivity index (χ0n) is 18.2. The quantitative estimate of drug-likeness (QED) is 0.189. The van der Waals surface area contributed by atoms with Crippen molar-refractivity contribution in [3.05, 3.63) is 64.2 Å². The van der Waals surface area contributed by atoms with Gasteiger partial charge in [-0.2, -0.15) is 0 Å². The van der Waals surface area contributed by atoms with Crippen molar-refractivity contribution in [3.63, 3.8) is 0 Å². The second kappa shape index (κ2) is 10.2. The Morgan fingerprint density at radius 1 is 1.15 bits per heavy atom. The number of methoxy groups -OCH3 is 1. The third-order valence-corrected chi connectivity index (χ3v) is 5.46. The van der Waals surface area contributed by atoms with Crippen molar-refractivity contribution >= 4 is 29.0 Å². The lowest BCUT2D eigenvalue weighted by Gasteiger charge is -2.48. The standard InChI is InChI=1S/C23H24N2O8/c1-14(26)22-20(24(23(22)29)16-7-9-19(32-2)10-8-16)11-18(27)12-21(28)33-13-15-3-5-17(6-4-15)25(30)31/h3-10,14,20,22,26H,11-13H2,1-2H3/t14-,20-,22-/m1/s1. The van der Waals surface area contributed by atoms with Crippen LogP contribution in [-0.2, 0) is 25.7 Å². The average Bonchev–Trinajstić information content (AvgIpc) is 2.77. The minimum atomic E-state index is -0.945. The highest BCUT2D eigenvalue weighted by atomic mass is 16.6. The van der Waals surface area contributed by atoms with Gasteiger partial charge in [-0.25, -0.2) is 0 Å². The van der Waals surface area contributed by atoms with Crippen molar-refractivity contribution in [2.75, 3.05) is 12.0 Å². The number of benzene rings is 2. The van der Waals surface area contributed by atoms with Crippen molar-refractivity contribution in [3.8, 4) is 5.75 Å².